The standard InChI is InChI=1S/C12H14O3/c1-9(8-13)11(14)12(2,15)10-6-4-3-5-7-10/h3-9,15H,1-2H3. The predicted octanol–water partition coefficient (Wildman–Crippen LogP) is 1.30. The number of ketones is 1. The lowest BCUT2D eigenvalue weighted by molar-refractivity contribution is -0.142. The first-order chi connectivity index (χ1) is 7.00. The van der Waals surface area contributed by atoms with E-state index in [1.807, 2.05) is 0 Å². The van der Waals surface area contributed by atoms with Gasteiger partial charge in [-0.15, -0.1) is 0 Å². The Bertz CT molecular complexity index is 354. The van der Waals surface area contributed by atoms with Crippen LogP contribution in [0.4, 0.5) is 0 Å². The summed E-state index contributed by atoms with van der Waals surface area (Å²) in [5.41, 5.74) is -1.09. The molecule has 1 N–H and O–H groups in total. The third-order valence-electron chi connectivity index (χ3n) is 2.43. The molecule has 1 aromatic rings. The summed E-state index contributed by atoms with van der Waals surface area (Å²) in [7, 11) is 0. The van der Waals surface area contributed by atoms with Crippen molar-refractivity contribution >= 4 is 12.1 Å². The fourth-order valence-electron chi connectivity index (χ4n) is 1.41. The highest BCUT2D eigenvalue weighted by Crippen LogP contribution is 2.23. The van der Waals surface area contributed by atoms with Gasteiger partial charge in [0, 0.05) is 0 Å². The molecule has 0 amide bonds. The van der Waals surface area contributed by atoms with Crippen molar-refractivity contribution in [2.75, 3.05) is 0 Å². The lowest BCUT2D eigenvalue weighted by atomic mass is 9.86. The van der Waals surface area contributed by atoms with Crippen LogP contribution in [-0.2, 0) is 15.2 Å². The number of Topliss-reactive ketones (excluding diaryl/α,β-unsaturated/α-hetero) is 1. The minimum atomic E-state index is -1.60. The normalized spacial score (nSPS) is 16.5. The van der Waals surface area contributed by atoms with Crippen molar-refractivity contribution in [1.82, 2.24) is 0 Å². The minimum Gasteiger partial charge on any atom is -0.378 e. The Morgan fingerprint density at radius 3 is 2.40 bits per heavy atom. The summed E-state index contributed by atoms with van der Waals surface area (Å²) >= 11 is 0. The van der Waals surface area contributed by atoms with Crippen LogP contribution in [0.5, 0.6) is 0 Å². The van der Waals surface area contributed by atoms with Gasteiger partial charge in [0.2, 0.25) is 0 Å². The van der Waals surface area contributed by atoms with Crippen LogP contribution >= 0.6 is 0 Å². The van der Waals surface area contributed by atoms with Gasteiger partial charge in [-0.05, 0) is 19.4 Å². The molecule has 0 radical (unpaired) electrons. The molecule has 0 aliphatic carbocycles. The molecule has 0 bridgehead atoms. The van der Waals surface area contributed by atoms with E-state index in [1.165, 1.54) is 13.8 Å². The average molecular weight is 206 g/mol. The first kappa shape index (κ1) is 11.6. The third kappa shape index (κ3) is 2.30. The van der Waals surface area contributed by atoms with Crippen molar-refractivity contribution in [3.05, 3.63) is 35.9 Å². The van der Waals surface area contributed by atoms with Crippen LogP contribution in [0.3, 0.4) is 0 Å². The number of aliphatic hydroxyl groups is 1. The van der Waals surface area contributed by atoms with E-state index in [2.05, 4.69) is 0 Å². The molecule has 0 aliphatic rings. The molecule has 0 saturated carbocycles. The zero-order valence-electron chi connectivity index (χ0n) is 8.81. The van der Waals surface area contributed by atoms with Crippen molar-refractivity contribution in [2.24, 2.45) is 5.92 Å². The van der Waals surface area contributed by atoms with Gasteiger partial charge in [-0.1, -0.05) is 30.3 Å². The third-order valence-corrected chi connectivity index (χ3v) is 2.43. The van der Waals surface area contributed by atoms with Crippen molar-refractivity contribution in [3.63, 3.8) is 0 Å². The van der Waals surface area contributed by atoms with E-state index in [1.54, 1.807) is 30.3 Å². The van der Waals surface area contributed by atoms with Gasteiger partial charge in [-0.25, -0.2) is 0 Å². The number of carbonyl (C=O) groups is 2. The van der Waals surface area contributed by atoms with E-state index in [-0.39, 0.29) is 0 Å². The highest BCUT2D eigenvalue weighted by atomic mass is 16.3. The molecule has 0 spiro atoms. The maximum Gasteiger partial charge on any atom is 0.178 e. The second kappa shape index (κ2) is 4.36. The molecule has 1 rings (SSSR count). The first-order valence-electron chi connectivity index (χ1n) is 4.77. The topological polar surface area (TPSA) is 54.4 Å². The fourth-order valence-corrected chi connectivity index (χ4v) is 1.41. The summed E-state index contributed by atoms with van der Waals surface area (Å²) in [6.07, 6.45) is 0.541. The second-order valence-corrected chi connectivity index (χ2v) is 3.73. The number of benzene rings is 1. The number of hydrogen-bond donors (Lipinski definition) is 1. The number of carbonyl (C=O) groups excluding carboxylic acids is 2. The van der Waals surface area contributed by atoms with Crippen LogP contribution in [0.15, 0.2) is 30.3 Å². The summed E-state index contributed by atoms with van der Waals surface area (Å²) in [5.74, 6) is -1.27. The van der Waals surface area contributed by atoms with E-state index in [9.17, 15) is 14.7 Å². The van der Waals surface area contributed by atoms with E-state index >= 15 is 0 Å². The number of hydrogen-bond acceptors (Lipinski definition) is 3. The van der Waals surface area contributed by atoms with Gasteiger partial charge < -0.3 is 9.90 Å². The van der Waals surface area contributed by atoms with Gasteiger partial charge in [0.1, 0.15) is 11.9 Å². The molecule has 80 valence electrons. The van der Waals surface area contributed by atoms with Gasteiger partial charge in [0.05, 0.1) is 5.92 Å². The molecule has 1 aromatic carbocycles. The quantitative estimate of drug-likeness (QED) is 0.596. The average Bonchev–Trinajstić information content (AvgIpc) is 2.28. The summed E-state index contributed by atoms with van der Waals surface area (Å²) < 4.78 is 0. The van der Waals surface area contributed by atoms with Gasteiger partial charge in [0.15, 0.2) is 5.78 Å². The molecule has 3 heteroatoms. The van der Waals surface area contributed by atoms with Gasteiger partial charge in [-0.3, -0.25) is 4.79 Å². The molecule has 15 heavy (non-hydrogen) atoms. The minimum absolute atomic E-state index is 0.483. The maximum absolute atomic E-state index is 11.7. The van der Waals surface area contributed by atoms with Crippen molar-refractivity contribution in [2.45, 2.75) is 19.4 Å². The SMILES string of the molecule is CC(C=O)C(=O)C(C)(O)c1ccccc1. The zero-order valence-corrected chi connectivity index (χ0v) is 8.81. The molecule has 0 heterocycles. The largest absolute Gasteiger partial charge is 0.378 e. The molecule has 0 aromatic heterocycles. The molecular formula is C12H14O3. The van der Waals surface area contributed by atoms with Crippen LogP contribution < -0.4 is 0 Å². The Morgan fingerprint density at radius 1 is 1.40 bits per heavy atom. The summed E-state index contributed by atoms with van der Waals surface area (Å²) in [6.45, 7) is 2.89. The van der Waals surface area contributed by atoms with Crippen molar-refractivity contribution in [1.29, 1.82) is 0 Å². The smallest absolute Gasteiger partial charge is 0.178 e. The zero-order chi connectivity index (χ0) is 11.5. The van der Waals surface area contributed by atoms with Gasteiger partial charge in [-0.2, -0.15) is 0 Å². The van der Waals surface area contributed by atoms with E-state index in [0.717, 1.165) is 0 Å². The van der Waals surface area contributed by atoms with Crippen LogP contribution in [0.2, 0.25) is 0 Å². The maximum atomic E-state index is 11.7. The fraction of sp³-hybridized carbons (Fsp3) is 0.333. The van der Waals surface area contributed by atoms with Crippen LogP contribution in [-0.4, -0.2) is 17.2 Å². The summed E-state index contributed by atoms with van der Waals surface area (Å²) in [5, 5.41) is 10.0. The highest BCUT2D eigenvalue weighted by Gasteiger charge is 2.35. The lowest BCUT2D eigenvalue weighted by Gasteiger charge is -2.23. The van der Waals surface area contributed by atoms with Crippen molar-refractivity contribution < 1.29 is 14.7 Å². The Labute approximate surface area is 88.7 Å². The van der Waals surface area contributed by atoms with E-state index < -0.39 is 17.3 Å². The number of rotatable bonds is 4. The summed E-state index contributed by atoms with van der Waals surface area (Å²) in [6, 6.07) is 8.60. The van der Waals surface area contributed by atoms with E-state index in [0.29, 0.717) is 11.8 Å². The Hall–Kier alpha value is -1.48. The highest BCUT2D eigenvalue weighted by molar-refractivity contribution is 5.98. The molecule has 0 aliphatic heterocycles. The molecular weight excluding hydrogens is 192 g/mol. The monoisotopic (exact) mass is 206 g/mol. The number of aldehydes is 1. The van der Waals surface area contributed by atoms with Crippen LogP contribution in [0, 0.1) is 5.92 Å². The van der Waals surface area contributed by atoms with E-state index in [4.69, 9.17) is 0 Å². The predicted molar refractivity (Wildman–Crippen MR) is 56.2 cm³/mol. The Kier molecular flexibility index (Phi) is 3.37. The Morgan fingerprint density at radius 2 is 1.93 bits per heavy atom. The second-order valence-electron chi connectivity index (χ2n) is 3.73. The first-order valence-corrected chi connectivity index (χ1v) is 4.77. The van der Waals surface area contributed by atoms with Gasteiger partial charge in [0.25, 0.3) is 0 Å². The molecule has 2 atom stereocenters. The summed E-state index contributed by atoms with van der Waals surface area (Å²) in [4.78, 5) is 22.2. The van der Waals surface area contributed by atoms with Crippen molar-refractivity contribution in [3.8, 4) is 0 Å². The lowest BCUT2D eigenvalue weighted by Crippen LogP contribution is -2.36. The van der Waals surface area contributed by atoms with Gasteiger partial charge >= 0.3 is 0 Å². The van der Waals surface area contributed by atoms with Crippen LogP contribution in [0.1, 0.15) is 19.4 Å². The molecule has 2 unspecified atom stereocenters. The Balaban J connectivity index is 3.02. The molecule has 0 fully saturated rings. The molecule has 0 saturated heterocycles. The van der Waals surface area contributed by atoms with Crippen LogP contribution in [0.25, 0.3) is 0 Å². The molecule has 3 nitrogen and oxygen atoms in total.